The molecule has 0 aliphatic carbocycles. The topological polar surface area (TPSA) is 60.8 Å². The van der Waals surface area contributed by atoms with Gasteiger partial charge >= 0.3 is 0 Å². The zero-order valence-corrected chi connectivity index (χ0v) is 17.5. The number of anilines is 1. The number of hydrogen-bond acceptors (Lipinski definition) is 4. The van der Waals surface area contributed by atoms with E-state index in [0.29, 0.717) is 5.11 Å². The van der Waals surface area contributed by atoms with Crippen LogP contribution in [0, 0.1) is 0 Å². The van der Waals surface area contributed by atoms with E-state index < -0.39 is 5.66 Å². The number of nitrogens with zero attached hydrogens (tertiary/aromatic N) is 2. The highest BCUT2D eigenvalue weighted by molar-refractivity contribution is 9.10. The van der Waals surface area contributed by atoms with Gasteiger partial charge in [0.1, 0.15) is 5.66 Å². The van der Waals surface area contributed by atoms with Gasteiger partial charge in [0.25, 0.3) is 0 Å². The summed E-state index contributed by atoms with van der Waals surface area (Å²) in [4.78, 5) is 0. The molecule has 2 aromatic carbocycles. The summed E-state index contributed by atoms with van der Waals surface area (Å²) in [5, 5.41) is 14.5. The summed E-state index contributed by atoms with van der Waals surface area (Å²) in [6.45, 7) is 9.85. The van der Waals surface area contributed by atoms with Crippen molar-refractivity contribution in [3.05, 3.63) is 40.9 Å². The number of nitrogens with one attached hydrogen (secondary N) is 3. The van der Waals surface area contributed by atoms with Crippen molar-refractivity contribution >= 4 is 49.7 Å². The van der Waals surface area contributed by atoms with Crippen LogP contribution in [0.1, 0.15) is 34.6 Å². The van der Waals surface area contributed by atoms with Crippen molar-refractivity contribution in [1.29, 1.82) is 0 Å². The van der Waals surface area contributed by atoms with Crippen LogP contribution in [0.4, 0.5) is 5.69 Å². The zero-order valence-electron chi connectivity index (χ0n) is 15.1. The first-order valence-corrected chi connectivity index (χ1v) is 9.22. The summed E-state index contributed by atoms with van der Waals surface area (Å²) >= 11 is 8.89. The molecule has 3 N–H and O–H groups in total. The lowest BCUT2D eigenvalue weighted by molar-refractivity contribution is 0.415. The highest BCUT2D eigenvalue weighted by atomic mass is 79.9. The highest BCUT2D eigenvalue weighted by Crippen LogP contribution is 2.26. The van der Waals surface area contributed by atoms with Gasteiger partial charge < -0.3 is 5.32 Å². The van der Waals surface area contributed by atoms with E-state index in [0.717, 1.165) is 20.9 Å². The Morgan fingerprint density at radius 3 is 2.44 bits per heavy atom. The third-order valence-corrected chi connectivity index (χ3v) is 4.06. The first kappa shape index (κ1) is 19.6. The van der Waals surface area contributed by atoms with Gasteiger partial charge in [-0.3, -0.25) is 10.9 Å². The van der Waals surface area contributed by atoms with E-state index in [9.17, 15) is 0 Å². The number of rotatable bonds is 4. The monoisotopic (exact) mass is 421 g/mol. The van der Waals surface area contributed by atoms with Crippen LogP contribution in [0.2, 0.25) is 0 Å². The fourth-order valence-electron chi connectivity index (χ4n) is 2.06. The number of fused-ring (bicyclic) bond motifs is 1. The summed E-state index contributed by atoms with van der Waals surface area (Å²) in [6, 6.07) is 12.2. The average molecular weight is 422 g/mol. The molecule has 0 saturated heterocycles. The number of halogens is 1. The molecule has 0 heterocycles. The van der Waals surface area contributed by atoms with Gasteiger partial charge in [-0.25, -0.2) is 0 Å². The summed E-state index contributed by atoms with van der Waals surface area (Å²) < 4.78 is 1.08. The molecular formula is C18H24BrN5S. The van der Waals surface area contributed by atoms with Crippen molar-refractivity contribution in [2.24, 2.45) is 10.2 Å². The molecule has 25 heavy (non-hydrogen) atoms. The fraction of sp³-hybridized carbons (Fsp3) is 0.389. The number of thiocarbonyl (C=S) groups is 1. The van der Waals surface area contributed by atoms with E-state index in [1.54, 1.807) is 0 Å². The maximum absolute atomic E-state index is 5.33. The van der Waals surface area contributed by atoms with Gasteiger partial charge in [0, 0.05) is 4.47 Å². The van der Waals surface area contributed by atoms with Crippen molar-refractivity contribution in [2.75, 3.05) is 5.43 Å². The first-order chi connectivity index (χ1) is 11.6. The number of benzene rings is 2. The minimum atomic E-state index is -0.590. The zero-order chi connectivity index (χ0) is 18.7. The van der Waals surface area contributed by atoms with Crippen LogP contribution in [-0.4, -0.2) is 16.3 Å². The summed E-state index contributed by atoms with van der Waals surface area (Å²) in [5.74, 6) is 0. The second-order valence-electron chi connectivity index (χ2n) is 7.31. The van der Waals surface area contributed by atoms with E-state index in [-0.39, 0.29) is 5.54 Å². The normalized spacial score (nSPS) is 12.4. The van der Waals surface area contributed by atoms with Crippen LogP contribution >= 0.6 is 28.1 Å². The van der Waals surface area contributed by atoms with Crippen LogP contribution in [0.25, 0.3) is 10.8 Å². The molecule has 0 fully saturated rings. The molecule has 2 rings (SSSR count). The quantitative estimate of drug-likeness (QED) is 0.352. The maximum Gasteiger partial charge on any atom is 0.187 e. The van der Waals surface area contributed by atoms with E-state index in [2.05, 4.69) is 60.5 Å². The third kappa shape index (κ3) is 6.25. The Morgan fingerprint density at radius 2 is 1.76 bits per heavy atom. The van der Waals surface area contributed by atoms with Crippen molar-refractivity contribution in [2.45, 2.75) is 45.8 Å². The van der Waals surface area contributed by atoms with Gasteiger partial charge in [0.15, 0.2) is 5.11 Å². The molecule has 2 aromatic rings. The van der Waals surface area contributed by atoms with E-state index in [1.165, 1.54) is 0 Å². The van der Waals surface area contributed by atoms with Crippen LogP contribution < -0.4 is 16.2 Å². The Morgan fingerprint density at radius 1 is 1.04 bits per heavy atom. The smallest absolute Gasteiger partial charge is 0.187 e. The van der Waals surface area contributed by atoms with Crippen molar-refractivity contribution in [3.8, 4) is 0 Å². The molecule has 0 aliphatic rings. The third-order valence-electron chi connectivity index (χ3n) is 3.17. The Balaban J connectivity index is 1.97. The molecule has 0 bridgehead atoms. The van der Waals surface area contributed by atoms with Gasteiger partial charge in [-0.2, -0.15) is 10.2 Å². The first-order valence-electron chi connectivity index (χ1n) is 8.02. The molecule has 0 aliphatic heterocycles. The summed E-state index contributed by atoms with van der Waals surface area (Å²) in [5.41, 5.74) is 6.21. The second kappa shape index (κ2) is 7.66. The highest BCUT2D eigenvalue weighted by Gasteiger charge is 2.19. The standard InChI is InChI=1S/C18H24BrN5S/c1-17(2,3)23-24-18(4,5)20-16(25)22-21-13-9-10-14-12(11-13)7-6-8-15(14)19/h6-11,21H,1-5H3,(H2,20,22,25)/b24-23+. The molecule has 0 radical (unpaired) electrons. The lowest BCUT2D eigenvalue weighted by atomic mass is 10.1. The second-order valence-corrected chi connectivity index (χ2v) is 8.57. The Hall–Kier alpha value is -1.73. The molecule has 0 amide bonds. The van der Waals surface area contributed by atoms with Gasteiger partial charge in [0.2, 0.25) is 0 Å². The Labute approximate surface area is 162 Å². The van der Waals surface area contributed by atoms with Crippen LogP contribution in [0.5, 0.6) is 0 Å². The SMILES string of the molecule is CC(C)(C)/N=N/C(C)(C)NC(=S)NNc1ccc2c(Br)cccc2c1. The predicted octanol–water partition coefficient (Wildman–Crippen LogP) is 5.38. The van der Waals surface area contributed by atoms with E-state index >= 15 is 0 Å². The number of hydrogen-bond donors (Lipinski definition) is 3. The molecule has 134 valence electrons. The van der Waals surface area contributed by atoms with Crippen LogP contribution in [-0.2, 0) is 0 Å². The lowest BCUT2D eigenvalue weighted by Gasteiger charge is -2.24. The van der Waals surface area contributed by atoms with Gasteiger partial charge in [-0.1, -0.05) is 34.1 Å². The van der Waals surface area contributed by atoms with Crippen LogP contribution in [0.15, 0.2) is 51.1 Å². The molecule has 5 nitrogen and oxygen atoms in total. The summed E-state index contributed by atoms with van der Waals surface area (Å²) in [7, 11) is 0. The van der Waals surface area contributed by atoms with Crippen molar-refractivity contribution in [3.63, 3.8) is 0 Å². The number of azo groups is 1. The molecule has 0 aromatic heterocycles. The minimum absolute atomic E-state index is 0.217. The van der Waals surface area contributed by atoms with Gasteiger partial charge in [-0.15, -0.1) is 0 Å². The minimum Gasteiger partial charge on any atom is -0.336 e. The van der Waals surface area contributed by atoms with Gasteiger partial charge in [0.05, 0.1) is 11.2 Å². The van der Waals surface area contributed by atoms with Gasteiger partial charge in [-0.05, 0) is 75.8 Å². The van der Waals surface area contributed by atoms with Crippen molar-refractivity contribution in [1.82, 2.24) is 10.7 Å². The van der Waals surface area contributed by atoms with Crippen LogP contribution in [0.3, 0.4) is 0 Å². The van der Waals surface area contributed by atoms with E-state index in [1.807, 2.05) is 52.8 Å². The molecule has 0 unspecified atom stereocenters. The Kier molecular flexibility index (Phi) is 6.00. The average Bonchev–Trinajstić information content (AvgIpc) is 2.50. The molecule has 7 heteroatoms. The maximum atomic E-state index is 5.33. The number of hydrazine groups is 1. The predicted molar refractivity (Wildman–Crippen MR) is 113 cm³/mol. The van der Waals surface area contributed by atoms with Crippen molar-refractivity contribution < 1.29 is 0 Å². The lowest BCUT2D eigenvalue weighted by Crippen LogP contribution is -2.48. The molecule has 0 saturated carbocycles. The molecular weight excluding hydrogens is 398 g/mol. The molecule has 0 spiro atoms. The molecule has 0 atom stereocenters. The summed E-state index contributed by atoms with van der Waals surface area (Å²) in [6.07, 6.45) is 0. The Bertz CT molecular complexity index is 796. The largest absolute Gasteiger partial charge is 0.336 e. The fourth-order valence-corrected chi connectivity index (χ4v) is 2.87. The van der Waals surface area contributed by atoms with E-state index in [4.69, 9.17) is 12.2 Å².